The van der Waals surface area contributed by atoms with E-state index in [2.05, 4.69) is 18.2 Å². The van der Waals surface area contributed by atoms with Crippen molar-refractivity contribution in [3.8, 4) is 16.9 Å². The van der Waals surface area contributed by atoms with Gasteiger partial charge in [0.1, 0.15) is 18.5 Å². The van der Waals surface area contributed by atoms with E-state index in [0.717, 1.165) is 22.3 Å². The number of hydrogen-bond acceptors (Lipinski definition) is 8. The topological polar surface area (TPSA) is 123 Å². The van der Waals surface area contributed by atoms with Gasteiger partial charge in [0.15, 0.2) is 0 Å². The van der Waals surface area contributed by atoms with Crippen LogP contribution in [-0.4, -0.2) is 74.0 Å². The molecular formula is C28H37NO8S. The summed E-state index contributed by atoms with van der Waals surface area (Å²) in [7, 11) is -4.12. The third-order valence-electron chi connectivity index (χ3n) is 7.30. The van der Waals surface area contributed by atoms with Crippen LogP contribution in [0.3, 0.4) is 0 Å². The van der Waals surface area contributed by atoms with Crippen molar-refractivity contribution in [3.05, 3.63) is 53.6 Å². The number of carbonyl (C=O) groups is 1. The van der Waals surface area contributed by atoms with Gasteiger partial charge in [-0.15, -0.1) is 0 Å². The lowest BCUT2D eigenvalue weighted by Crippen LogP contribution is -2.41. The number of ether oxygens (including phenoxy) is 2. The predicted octanol–water partition coefficient (Wildman–Crippen LogP) is 3.18. The molecule has 2 unspecified atom stereocenters. The Kier molecular flexibility index (Phi) is 9.43. The van der Waals surface area contributed by atoms with Crippen LogP contribution in [0.4, 0.5) is 0 Å². The highest BCUT2D eigenvalue weighted by Gasteiger charge is 2.35. The van der Waals surface area contributed by atoms with Crippen LogP contribution in [0.25, 0.3) is 11.1 Å². The summed E-state index contributed by atoms with van der Waals surface area (Å²) in [6.45, 7) is 4.59. The normalized spacial score (nSPS) is 22.1. The zero-order valence-corrected chi connectivity index (χ0v) is 22.7. The van der Waals surface area contributed by atoms with E-state index in [-0.39, 0.29) is 25.2 Å². The fourth-order valence-electron chi connectivity index (χ4n) is 5.11. The van der Waals surface area contributed by atoms with Gasteiger partial charge in [0.25, 0.3) is 0 Å². The number of carbonyl (C=O) groups excluding carboxylic acids is 1. The molecule has 0 saturated carbocycles. The van der Waals surface area contributed by atoms with Crippen LogP contribution in [0.2, 0.25) is 0 Å². The van der Waals surface area contributed by atoms with E-state index in [0.29, 0.717) is 51.1 Å². The fourth-order valence-corrected chi connectivity index (χ4v) is 6.22. The highest BCUT2D eigenvalue weighted by Crippen LogP contribution is 2.34. The van der Waals surface area contributed by atoms with Crippen molar-refractivity contribution in [3.63, 3.8) is 0 Å². The number of piperidine rings is 1. The number of hydrogen-bond donors (Lipinski definition) is 2. The quantitative estimate of drug-likeness (QED) is 0.491. The molecule has 10 heteroatoms. The molecule has 0 aliphatic carbocycles. The average Bonchev–Trinajstić information content (AvgIpc) is 2.91. The van der Waals surface area contributed by atoms with Crippen molar-refractivity contribution < 1.29 is 37.1 Å². The SMILES string of the molecule is Cc1cc(C2CCN(S(=O)(=O)OC(=O)C3CCOC(C)C3)CC2)ccc1-c1cccc(OC[C@@H](O)CO)c1. The van der Waals surface area contributed by atoms with Gasteiger partial charge in [0, 0.05) is 19.7 Å². The summed E-state index contributed by atoms with van der Waals surface area (Å²) in [5.74, 6) is -0.325. The molecule has 0 aromatic heterocycles. The maximum Gasteiger partial charge on any atom is 0.387 e. The Morgan fingerprint density at radius 3 is 2.61 bits per heavy atom. The maximum absolute atomic E-state index is 12.8. The van der Waals surface area contributed by atoms with Gasteiger partial charge in [-0.3, -0.25) is 4.79 Å². The van der Waals surface area contributed by atoms with Crippen LogP contribution in [0.5, 0.6) is 5.75 Å². The molecule has 2 fully saturated rings. The van der Waals surface area contributed by atoms with Crippen molar-refractivity contribution in [1.82, 2.24) is 4.31 Å². The molecule has 2 aliphatic rings. The van der Waals surface area contributed by atoms with Crippen molar-refractivity contribution in [2.75, 3.05) is 32.9 Å². The van der Waals surface area contributed by atoms with Crippen LogP contribution in [-0.2, 0) is 24.0 Å². The molecular weight excluding hydrogens is 510 g/mol. The smallest absolute Gasteiger partial charge is 0.387 e. The van der Waals surface area contributed by atoms with Crippen molar-refractivity contribution >= 4 is 16.3 Å². The van der Waals surface area contributed by atoms with Gasteiger partial charge < -0.3 is 23.9 Å². The summed E-state index contributed by atoms with van der Waals surface area (Å²) >= 11 is 0. The van der Waals surface area contributed by atoms with Crippen molar-refractivity contribution in [2.45, 2.75) is 57.7 Å². The molecule has 9 nitrogen and oxygen atoms in total. The summed E-state index contributed by atoms with van der Waals surface area (Å²) < 4.78 is 42.8. The second kappa shape index (κ2) is 12.6. The first-order chi connectivity index (χ1) is 18.2. The molecule has 38 heavy (non-hydrogen) atoms. The van der Waals surface area contributed by atoms with E-state index in [1.54, 1.807) is 6.07 Å². The van der Waals surface area contributed by atoms with E-state index in [1.165, 1.54) is 4.31 Å². The molecule has 0 radical (unpaired) electrons. The minimum Gasteiger partial charge on any atom is -0.491 e. The van der Waals surface area contributed by atoms with E-state index >= 15 is 0 Å². The van der Waals surface area contributed by atoms with Crippen molar-refractivity contribution in [2.24, 2.45) is 5.92 Å². The van der Waals surface area contributed by atoms with E-state index in [4.69, 9.17) is 18.8 Å². The van der Waals surface area contributed by atoms with Gasteiger partial charge in [-0.05, 0) is 79.8 Å². The van der Waals surface area contributed by atoms with Crippen LogP contribution < -0.4 is 4.74 Å². The van der Waals surface area contributed by atoms with Gasteiger partial charge in [-0.2, -0.15) is 12.7 Å². The number of benzene rings is 2. The largest absolute Gasteiger partial charge is 0.491 e. The van der Waals surface area contributed by atoms with E-state index < -0.39 is 28.3 Å². The average molecular weight is 548 g/mol. The lowest BCUT2D eigenvalue weighted by Gasteiger charge is -2.31. The number of rotatable bonds is 9. The Balaban J connectivity index is 1.35. The number of nitrogens with zero attached hydrogens (tertiary/aromatic N) is 1. The molecule has 4 rings (SSSR count). The van der Waals surface area contributed by atoms with Gasteiger partial charge in [0.2, 0.25) is 0 Å². The Morgan fingerprint density at radius 2 is 1.92 bits per heavy atom. The number of aliphatic hydroxyl groups is 2. The minimum absolute atomic E-state index is 0.0141. The molecule has 2 aromatic carbocycles. The Bertz CT molecular complexity index is 1210. The standard InChI is InChI=1S/C28H37NO8S/c1-19-14-22(6-7-27(19)23-4-3-5-26(16-23)36-18-25(31)17-30)21-8-11-29(12-9-21)38(33,34)37-28(32)24-10-13-35-20(2)15-24/h3-7,14,16,20-21,24-25,30-31H,8-13,15,17-18H2,1-2H3/t20?,24?,25-/m0/s1. The second-order valence-electron chi connectivity index (χ2n) is 10.2. The molecule has 2 heterocycles. The van der Waals surface area contributed by atoms with Gasteiger partial charge in [-0.25, -0.2) is 0 Å². The fraction of sp³-hybridized carbons (Fsp3) is 0.536. The zero-order valence-electron chi connectivity index (χ0n) is 21.9. The van der Waals surface area contributed by atoms with Crippen LogP contribution in [0.15, 0.2) is 42.5 Å². The van der Waals surface area contributed by atoms with Gasteiger partial charge in [0.05, 0.1) is 18.6 Å². The molecule has 208 valence electrons. The Morgan fingerprint density at radius 1 is 1.16 bits per heavy atom. The molecule has 2 saturated heterocycles. The second-order valence-corrected chi connectivity index (χ2v) is 11.7. The lowest BCUT2D eigenvalue weighted by molar-refractivity contribution is -0.143. The van der Waals surface area contributed by atoms with E-state index in [9.17, 15) is 18.3 Å². The predicted molar refractivity (Wildman–Crippen MR) is 142 cm³/mol. The Labute approximate surface area is 224 Å². The van der Waals surface area contributed by atoms with Crippen LogP contribution >= 0.6 is 0 Å². The van der Waals surface area contributed by atoms with Crippen LogP contribution in [0.1, 0.15) is 49.7 Å². The van der Waals surface area contributed by atoms with Gasteiger partial charge in [-0.1, -0.05) is 30.3 Å². The van der Waals surface area contributed by atoms with Crippen LogP contribution in [0, 0.1) is 12.8 Å². The molecule has 3 atom stereocenters. The molecule has 0 spiro atoms. The first-order valence-corrected chi connectivity index (χ1v) is 14.5. The molecule has 2 aromatic rings. The monoisotopic (exact) mass is 547 g/mol. The first kappa shape index (κ1) is 28.5. The Hall–Kier alpha value is -2.50. The molecule has 0 amide bonds. The van der Waals surface area contributed by atoms with Gasteiger partial charge >= 0.3 is 16.3 Å². The first-order valence-electron chi connectivity index (χ1n) is 13.1. The minimum atomic E-state index is -4.12. The molecule has 0 bridgehead atoms. The van der Waals surface area contributed by atoms with Crippen molar-refractivity contribution in [1.29, 1.82) is 0 Å². The summed E-state index contributed by atoms with van der Waals surface area (Å²) in [5.41, 5.74) is 4.27. The maximum atomic E-state index is 12.8. The molecule has 2 N–H and O–H groups in total. The summed E-state index contributed by atoms with van der Waals surface area (Å²) in [6, 6.07) is 13.9. The third kappa shape index (κ3) is 7.12. The highest BCUT2D eigenvalue weighted by atomic mass is 32.2. The zero-order chi connectivity index (χ0) is 27.3. The molecule has 2 aliphatic heterocycles. The summed E-state index contributed by atoms with van der Waals surface area (Å²) in [5, 5.41) is 18.5. The lowest BCUT2D eigenvalue weighted by atomic mass is 9.87. The number of aryl methyl sites for hydroxylation is 1. The number of aliphatic hydroxyl groups excluding tert-OH is 2. The third-order valence-corrected chi connectivity index (χ3v) is 8.67. The summed E-state index contributed by atoms with van der Waals surface area (Å²) in [4.78, 5) is 12.5. The highest BCUT2D eigenvalue weighted by molar-refractivity contribution is 7.84. The summed E-state index contributed by atoms with van der Waals surface area (Å²) in [6.07, 6.45) is 1.21. The van der Waals surface area contributed by atoms with E-state index in [1.807, 2.05) is 32.0 Å².